The molecule has 0 saturated carbocycles. The summed E-state index contributed by atoms with van der Waals surface area (Å²) in [7, 11) is 0. The van der Waals surface area contributed by atoms with Crippen LogP contribution in [-0.4, -0.2) is 51.8 Å². The number of carbonyl (C=O) groups excluding carboxylic acids is 1. The zero-order chi connectivity index (χ0) is 28.2. The van der Waals surface area contributed by atoms with Crippen LogP contribution >= 0.6 is 11.3 Å². The number of carbonyl (C=O) groups is 2. The molecule has 0 saturated heterocycles. The van der Waals surface area contributed by atoms with E-state index in [0.717, 1.165) is 22.2 Å². The number of benzene rings is 2. The highest BCUT2D eigenvalue weighted by Gasteiger charge is 2.26. The Bertz CT molecular complexity index is 1690. The van der Waals surface area contributed by atoms with Crippen molar-refractivity contribution in [3.8, 4) is 22.8 Å². The summed E-state index contributed by atoms with van der Waals surface area (Å²) in [6.45, 7) is 1.03. The van der Waals surface area contributed by atoms with Crippen LogP contribution in [-0.2, 0) is 6.42 Å². The van der Waals surface area contributed by atoms with E-state index in [1.807, 2.05) is 36.4 Å². The second-order valence-corrected chi connectivity index (χ2v) is 10.3. The number of aromatic carboxylic acids is 1. The van der Waals surface area contributed by atoms with E-state index in [1.54, 1.807) is 47.6 Å². The first kappa shape index (κ1) is 26.2. The molecular formula is C30H25N5O5S. The SMILES string of the molecule is O=C(O)c1nc(-c2ccc3c(c2)N(C(=O)Nc2nc4ccccc4s2)CCO3)ccc1OCCCc1ccncc1. The molecule has 6 rings (SSSR count). The molecule has 3 aromatic heterocycles. The van der Waals surface area contributed by atoms with Crippen molar-refractivity contribution >= 4 is 44.4 Å². The van der Waals surface area contributed by atoms with Gasteiger partial charge in [0.1, 0.15) is 12.4 Å². The topological polar surface area (TPSA) is 127 Å². The number of hydrogen-bond donors (Lipinski definition) is 2. The van der Waals surface area contributed by atoms with Crippen LogP contribution in [0.5, 0.6) is 11.5 Å². The van der Waals surface area contributed by atoms with Crippen LogP contribution < -0.4 is 19.7 Å². The van der Waals surface area contributed by atoms with Crippen molar-refractivity contribution in [2.24, 2.45) is 0 Å². The summed E-state index contributed by atoms with van der Waals surface area (Å²) < 4.78 is 12.6. The lowest BCUT2D eigenvalue weighted by molar-refractivity contribution is 0.0685. The van der Waals surface area contributed by atoms with Gasteiger partial charge >= 0.3 is 12.0 Å². The molecule has 0 spiro atoms. The Morgan fingerprint density at radius 3 is 2.73 bits per heavy atom. The fourth-order valence-electron chi connectivity index (χ4n) is 4.56. The van der Waals surface area contributed by atoms with Crippen LogP contribution in [0.1, 0.15) is 22.5 Å². The number of fused-ring (bicyclic) bond motifs is 2. The highest BCUT2D eigenvalue weighted by Crippen LogP contribution is 2.37. The molecule has 0 bridgehead atoms. The molecule has 2 amide bonds. The van der Waals surface area contributed by atoms with Crippen molar-refractivity contribution in [2.75, 3.05) is 30.0 Å². The maximum Gasteiger partial charge on any atom is 0.358 e. The summed E-state index contributed by atoms with van der Waals surface area (Å²) in [6.07, 6.45) is 4.98. The third-order valence-electron chi connectivity index (χ3n) is 6.55. The summed E-state index contributed by atoms with van der Waals surface area (Å²) in [4.78, 5) is 39.8. The molecule has 1 aliphatic heterocycles. The maximum atomic E-state index is 13.3. The zero-order valence-corrected chi connectivity index (χ0v) is 22.6. The number of para-hydroxylation sites is 1. The fraction of sp³-hybridized carbons (Fsp3) is 0.167. The van der Waals surface area contributed by atoms with Crippen molar-refractivity contribution in [2.45, 2.75) is 12.8 Å². The molecule has 0 unspecified atom stereocenters. The normalized spacial score (nSPS) is 12.4. The average molecular weight is 568 g/mol. The molecule has 0 atom stereocenters. The lowest BCUT2D eigenvalue weighted by atomic mass is 10.1. The lowest BCUT2D eigenvalue weighted by Gasteiger charge is -2.29. The van der Waals surface area contributed by atoms with Gasteiger partial charge < -0.3 is 14.6 Å². The minimum atomic E-state index is -1.19. The number of anilines is 2. The standard InChI is InChI=1S/C30H25N5O5S/c36-28(37)27-25(39-16-3-4-19-11-13-31-14-12-19)10-8-21(32-27)20-7-9-24-23(18-20)35(15-17-40-24)30(38)34-29-33-22-5-1-2-6-26(22)41-29/h1-2,5-14,18H,3-4,15-17H2,(H,36,37)(H,33,34,38). The van der Waals surface area contributed by atoms with Gasteiger partial charge in [0.25, 0.3) is 0 Å². The molecule has 206 valence electrons. The van der Waals surface area contributed by atoms with Gasteiger partial charge in [-0.2, -0.15) is 0 Å². The van der Waals surface area contributed by atoms with E-state index in [-0.39, 0.29) is 17.5 Å². The number of nitrogens with one attached hydrogen (secondary N) is 1. The Balaban J connectivity index is 1.20. The number of carboxylic acids is 1. The van der Waals surface area contributed by atoms with Gasteiger partial charge in [0.15, 0.2) is 16.6 Å². The van der Waals surface area contributed by atoms with Crippen LogP contribution in [0, 0.1) is 0 Å². The number of urea groups is 1. The number of rotatable bonds is 8. The molecule has 5 aromatic rings. The number of ether oxygens (including phenoxy) is 2. The van der Waals surface area contributed by atoms with Gasteiger partial charge in [-0.05, 0) is 73.0 Å². The van der Waals surface area contributed by atoms with Crippen molar-refractivity contribution in [3.05, 3.63) is 90.4 Å². The Kier molecular flexibility index (Phi) is 7.42. The second-order valence-electron chi connectivity index (χ2n) is 9.26. The molecule has 11 heteroatoms. The number of aryl methyl sites for hydroxylation is 1. The van der Waals surface area contributed by atoms with E-state index in [0.29, 0.717) is 54.0 Å². The quantitative estimate of drug-likeness (QED) is 0.222. The first-order valence-electron chi connectivity index (χ1n) is 13.0. The highest BCUT2D eigenvalue weighted by atomic mass is 32.1. The van der Waals surface area contributed by atoms with E-state index in [9.17, 15) is 14.7 Å². The Morgan fingerprint density at radius 2 is 1.90 bits per heavy atom. The van der Waals surface area contributed by atoms with Crippen LogP contribution in [0.25, 0.3) is 21.5 Å². The molecule has 0 aliphatic carbocycles. The van der Waals surface area contributed by atoms with Gasteiger partial charge in [0, 0.05) is 18.0 Å². The number of nitrogens with zero attached hydrogens (tertiary/aromatic N) is 4. The third kappa shape index (κ3) is 5.80. The van der Waals surface area contributed by atoms with E-state index in [1.165, 1.54) is 11.3 Å². The van der Waals surface area contributed by atoms with Gasteiger partial charge in [-0.25, -0.2) is 19.6 Å². The second kappa shape index (κ2) is 11.6. The number of aromatic nitrogens is 3. The van der Waals surface area contributed by atoms with Crippen LogP contribution in [0.4, 0.5) is 15.6 Å². The molecule has 41 heavy (non-hydrogen) atoms. The smallest absolute Gasteiger partial charge is 0.358 e. The predicted molar refractivity (Wildman–Crippen MR) is 156 cm³/mol. The van der Waals surface area contributed by atoms with Crippen molar-refractivity contribution in [1.29, 1.82) is 0 Å². The fourth-order valence-corrected chi connectivity index (χ4v) is 5.41. The summed E-state index contributed by atoms with van der Waals surface area (Å²) in [5.41, 5.74) is 3.41. The average Bonchev–Trinajstić information content (AvgIpc) is 3.41. The van der Waals surface area contributed by atoms with Gasteiger partial charge in [0.2, 0.25) is 0 Å². The Morgan fingerprint density at radius 1 is 1.05 bits per heavy atom. The molecule has 1 aliphatic rings. The molecule has 10 nitrogen and oxygen atoms in total. The first-order chi connectivity index (χ1) is 20.0. The van der Waals surface area contributed by atoms with Gasteiger partial charge in [-0.3, -0.25) is 15.2 Å². The minimum Gasteiger partial charge on any atom is -0.491 e. The van der Waals surface area contributed by atoms with Gasteiger partial charge in [0.05, 0.1) is 34.7 Å². The van der Waals surface area contributed by atoms with E-state index in [2.05, 4.69) is 20.3 Å². The number of carboxylic acid groups (broad SMARTS) is 1. The lowest BCUT2D eigenvalue weighted by Crippen LogP contribution is -2.40. The number of hydrogen-bond acceptors (Lipinski definition) is 8. The molecular weight excluding hydrogens is 542 g/mol. The first-order valence-corrected chi connectivity index (χ1v) is 13.8. The van der Waals surface area contributed by atoms with Crippen LogP contribution in [0.2, 0.25) is 0 Å². The van der Waals surface area contributed by atoms with Gasteiger partial charge in [-0.15, -0.1) is 0 Å². The Labute approximate surface area is 239 Å². The van der Waals surface area contributed by atoms with Crippen molar-refractivity contribution in [1.82, 2.24) is 15.0 Å². The highest BCUT2D eigenvalue weighted by molar-refractivity contribution is 7.22. The van der Waals surface area contributed by atoms with Crippen molar-refractivity contribution in [3.63, 3.8) is 0 Å². The van der Waals surface area contributed by atoms with Crippen LogP contribution in [0.3, 0.4) is 0 Å². The maximum absolute atomic E-state index is 13.3. The molecule has 0 fully saturated rings. The molecule has 2 N–H and O–H groups in total. The minimum absolute atomic E-state index is 0.175. The summed E-state index contributed by atoms with van der Waals surface area (Å²) >= 11 is 1.40. The zero-order valence-electron chi connectivity index (χ0n) is 21.8. The Hall–Kier alpha value is -5.03. The summed E-state index contributed by atoms with van der Waals surface area (Å²) in [6, 6.07) is 19.9. The molecule has 0 radical (unpaired) electrons. The van der Waals surface area contributed by atoms with Gasteiger partial charge in [-0.1, -0.05) is 23.5 Å². The predicted octanol–water partition coefficient (Wildman–Crippen LogP) is 5.89. The largest absolute Gasteiger partial charge is 0.491 e. The molecule has 4 heterocycles. The van der Waals surface area contributed by atoms with E-state index >= 15 is 0 Å². The third-order valence-corrected chi connectivity index (χ3v) is 7.50. The summed E-state index contributed by atoms with van der Waals surface area (Å²) in [5, 5.41) is 13.2. The van der Waals surface area contributed by atoms with E-state index in [4.69, 9.17) is 9.47 Å². The van der Waals surface area contributed by atoms with Crippen molar-refractivity contribution < 1.29 is 24.2 Å². The number of amides is 2. The number of thiazole rings is 1. The monoisotopic (exact) mass is 567 g/mol. The summed E-state index contributed by atoms with van der Waals surface area (Å²) in [5.74, 6) is -0.435. The van der Waals surface area contributed by atoms with Crippen LogP contribution in [0.15, 0.2) is 79.1 Å². The number of pyridine rings is 2. The molecule has 2 aromatic carbocycles. The van der Waals surface area contributed by atoms with E-state index < -0.39 is 5.97 Å².